The zero-order valence-electron chi connectivity index (χ0n) is 6.36. The number of fused-ring (bicyclic) bond motifs is 1. The van der Waals surface area contributed by atoms with Gasteiger partial charge >= 0.3 is 0 Å². The first kappa shape index (κ1) is 7.36. The molecule has 0 spiro atoms. The molecule has 0 aliphatic heterocycles. The third-order valence-corrected chi connectivity index (χ3v) is 1.77. The summed E-state index contributed by atoms with van der Waals surface area (Å²) in [4.78, 5) is 4.11. The molecule has 2 aromatic heterocycles. The first-order valence-electron chi connectivity index (χ1n) is 3.35. The molecule has 12 heavy (non-hydrogen) atoms. The zero-order valence-corrected chi connectivity index (χ0v) is 7.12. The highest BCUT2D eigenvalue weighted by atomic mass is 35.5. The lowest BCUT2D eigenvalue weighted by Gasteiger charge is -2.00. The van der Waals surface area contributed by atoms with Gasteiger partial charge in [-0.05, 0) is 0 Å². The van der Waals surface area contributed by atoms with Crippen molar-refractivity contribution in [1.29, 1.82) is 0 Å². The second-order valence-electron chi connectivity index (χ2n) is 2.22. The summed E-state index contributed by atoms with van der Waals surface area (Å²) < 4.78 is 6.47. The van der Waals surface area contributed by atoms with Crippen molar-refractivity contribution in [3.63, 3.8) is 0 Å². The predicted octanol–water partition coefficient (Wildman–Crippen LogP) is 1.39. The Bertz CT molecular complexity index is 412. The topological polar surface area (TPSA) is 39.4 Å². The average molecular weight is 184 g/mol. The molecule has 2 heterocycles. The molecule has 0 fully saturated rings. The molecule has 0 saturated heterocycles. The van der Waals surface area contributed by atoms with Crippen molar-refractivity contribution in [2.45, 2.75) is 0 Å². The standard InChI is InChI=1S/C7H6ClN3O/c1-12-7-4-5(8)11-6(10-7)2-3-9-11/h2-4H,1H3. The van der Waals surface area contributed by atoms with E-state index in [1.165, 1.54) is 4.52 Å². The van der Waals surface area contributed by atoms with E-state index in [4.69, 9.17) is 16.3 Å². The summed E-state index contributed by atoms with van der Waals surface area (Å²) in [5, 5.41) is 4.45. The van der Waals surface area contributed by atoms with E-state index in [0.29, 0.717) is 16.7 Å². The molecule has 0 unspecified atom stereocenters. The second-order valence-corrected chi connectivity index (χ2v) is 2.61. The van der Waals surface area contributed by atoms with Crippen molar-refractivity contribution >= 4 is 17.2 Å². The van der Waals surface area contributed by atoms with Crippen molar-refractivity contribution in [1.82, 2.24) is 14.6 Å². The van der Waals surface area contributed by atoms with Gasteiger partial charge in [0, 0.05) is 12.1 Å². The number of nitrogens with zero attached hydrogens (tertiary/aromatic N) is 3. The van der Waals surface area contributed by atoms with Crippen LogP contribution in [0.5, 0.6) is 5.88 Å². The molecule has 0 atom stereocenters. The minimum absolute atomic E-state index is 0.488. The van der Waals surface area contributed by atoms with Gasteiger partial charge in [0.25, 0.3) is 0 Å². The van der Waals surface area contributed by atoms with Gasteiger partial charge in [0.1, 0.15) is 5.15 Å². The Morgan fingerprint density at radius 2 is 2.42 bits per heavy atom. The Morgan fingerprint density at radius 1 is 1.58 bits per heavy atom. The molecule has 0 bridgehead atoms. The van der Waals surface area contributed by atoms with Crippen LogP contribution in [0.15, 0.2) is 18.3 Å². The smallest absolute Gasteiger partial charge is 0.218 e. The van der Waals surface area contributed by atoms with E-state index in [1.807, 2.05) is 0 Å². The van der Waals surface area contributed by atoms with Crippen molar-refractivity contribution in [2.24, 2.45) is 0 Å². The van der Waals surface area contributed by atoms with E-state index in [-0.39, 0.29) is 0 Å². The Labute approximate surface area is 73.7 Å². The fourth-order valence-corrected chi connectivity index (χ4v) is 1.18. The normalized spacial score (nSPS) is 10.5. The minimum atomic E-state index is 0.488. The third kappa shape index (κ3) is 1.00. The molecule has 0 aromatic carbocycles. The van der Waals surface area contributed by atoms with Gasteiger partial charge in [-0.15, -0.1) is 0 Å². The predicted molar refractivity (Wildman–Crippen MR) is 44.5 cm³/mol. The third-order valence-electron chi connectivity index (χ3n) is 1.50. The average Bonchev–Trinajstić information content (AvgIpc) is 2.52. The van der Waals surface area contributed by atoms with Gasteiger partial charge in [0.15, 0.2) is 5.65 Å². The van der Waals surface area contributed by atoms with E-state index in [9.17, 15) is 0 Å². The highest BCUT2D eigenvalue weighted by molar-refractivity contribution is 6.29. The fraction of sp³-hybridized carbons (Fsp3) is 0.143. The molecule has 2 aromatic rings. The maximum absolute atomic E-state index is 5.86. The molecule has 0 aliphatic rings. The van der Waals surface area contributed by atoms with Gasteiger partial charge in [-0.25, -0.2) is 4.52 Å². The highest BCUT2D eigenvalue weighted by Gasteiger charge is 2.02. The molecule has 0 saturated carbocycles. The summed E-state index contributed by atoms with van der Waals surface area (Å²) >= 11 is 5.86. The van der Waals surface area contributed by atoms with Crippen LogP contribution in [0.2, 0.25) is 5.15 Å². The van der Waals surface area contributed by atoms with Crippen LogP contribution < -0.4 is 4.74 Å². The number of rotatable bonds is 1. The SMILES string of the molecule is COc1cc(Cl)n2nccc2n1. The molecular formula is C7H6ClN3O. The molecule has 0 amide bonds. The quantitative estimate of drug-likeness (QED) is 0.628. The van der Waals surface area contributed by atoms with Crippen molar-refractivity contribution in [3.8, 4) is 5.88 Å². The second kappa shape index (κ2) is 2.64. The summed E-state index contributed by atoms with van der Waals surface area (Å²) in [6.45, 7) is 0. The molecule has 4 nitrogen and oxygen atoms in total. The largest absolute Gasteiger partial charge is 0.481 e. The Balaban J connectivity index is 2.75. The van der Waals surface area contributed by atoms with Crippen LogP contribution in [0.3, 0.4) is 0 Å². The lowest BCUT2D eigenvalue weighted by Crippen LogP contribution is -1.94. The number of ether oxygens (including phenoxy) is 1. The van der Waals surface area contributed by atoms with E-state index in [1.54, 1.807) is 25.4 Å². The summed E-state index contributed by atoms with van der Waals surface area (Å²) in [6, 6.07) is 3.37. The van der Waals surface area contributed by atoms with Crippen molar-refractivity contribution in [3.05, 3.63) is 23.5 Å². The maximum Gasteiger partial charge on any atom is 0.218 e. The molecule has 2 rings (SSSR count). The monoisotopic (exact) mass is 183 g/mol. The van der Waals surface area contributed by atoms with E-state index < -0.39 is 0 Å². The van der Waals surface area contributed by atoms with Crippen LogP contribution in [-0.4, -0.2) is 21.7 Å². The number of methoxy groups -OCH3 is 1. The number of hydrogen-bond donors (Lipinski definition) is 0. The van der Waals surface area contributed by atoms with Gasteiger partial charge in [0.2, 0.25) is 5.88 Å². The maximum atomic E-state index is 5.86. The van der Waals surface area contributed by atoms with Crippen LogP contribution >= 0.6 is 11.6 Å². The van der Waals surface area contributed by atoms with Crippen molar-refractivity contribution in [2.75, 3.05) is 7.11 Å². The highest BCUT2D eigenvalue weighted by Crippen LogP contribution is 2.16. The summed E-state index contributed by atoms with van der Waals surface area (Å²) in [5.74, 6) is 0.494. The Kier molecular flexibility index (Phi) is 1.62. The first-order chi connectivity index (χ1) is 5.81. The molecular weight excluding hydrogens is 178 g/mol. The van der Waals surface area contributed by atoms with Gasteiger partial charge in [0.05, 0.1) is 13.3 Å². The Morgan fingerprint density at radius 3 is 3.17 bits per heavy atom. The summed E-state index contributed by atoms with van der Waals surface area (Å²) in [6.07, 6.45) is 1.63. The van der Waals surface area contributed by atoms with Crippen LogP contribution in [0.1, 0.15) is 0 Å². The molecule has 0 N–H and O–H groups in total. The van der Waals surface area contributed by atoms with E-state index in [2.05, 4.69) is 10.1 Å². The van der Waals surface area contributed by atoms with Crippen LogP contribution in [0, 0.1) is 0 Å². The summed E-state index contributed by atoms with van der Waals surface area (Å²) in [5.41, 5.74) is 0.680. The minimum Gasteiger partial charge on any atom is -0.481 e. The van der Waals surface area contributed by atoms with Crippen LogP contribution in [-0.2, 0) is 0 Å². The van der Waals surface area contributed by atoms with Crippen molar-refractivity contribution < 1.29 is 4.74 Å². The van der Waals surface area contributed by atoms with Gasteiger partial charge in [-0.2, -0.15) is 10.1 Å². The van der Waals surface area contributed by atoms with Gasteiger partial charge in [-0.1, -0.05) is 11.6 Å². The lowest BCUT2D eigenvalue weighted by molar-refractivity contribution is 0.398. The van der Waals surface area contributed by atoms with Crippen LogP contribution in [0.25, 0.3) is 5.65 Å². The van der Waals surface area contributed by atoms with Gasteiger partial charge in [-0.3, -0.25) is 0 Å². The van der Waals surface area contributed by atoms with E-state index in [0.717, 1.165) is 0 Å². The number of halogens is 1. The summed E-state index contributed by atoms with van der Waals surface area (Å²) in [7, 11) is 1.55. The number of hydrogen-bond acceptors (Lipinski definition) is 3. The zero-order chi connectivity index (χ0) is 8.55. The number of aromatic nitrogens is 3. The Hall–Kier alpha value is -1.29. The molecule has 5 heteroatoms. The molecule has 0 aliphatic carbocycles. The fourth-order valence-electron chi connectivity index (χ4n) is 0.958. The molecule has 62 valence electrons. The lowest BCUT2D eigenvalue weighted by atomic mass is 10.6. The first-order valence-corrected chi connectivity index (χ1v) is 3.73. The van der Waals surface area contributed by atoms with E-state index >= 15 is 0 Å². The van der Waals surface area contributed by atoms with Gasteiger partial charge < -0.3 is 4.74 Å². The molecule has 0 radical (unpaired) electrons. The van der Waals surface area contributed by atoms with Crippen LogP contribution in [0.4, 0.5) is 0 Å².